The monoisotopic (exact) mass is 308 g/mol. The Morgan fingerprint density at radius 1 is 1.17 bits per heavy atom. The Kier molecular flexibility index (Phi) is 4.42. The molecule has 0 radical (unpaired) electrons. The molecule has 0 unspecified atom stereocenters. The van der Waals surface area contributed by atoms with Crippen LogP contribution < -0.4 is 10.2 Å². The molecule has 0 spiro atoms. The molecule has 118 valence electrons. The number of nitrogens with zero attached hydrogens (tertiary/aromatic N) is 1. The lowest BCUT2D eigenvalue weighted by Crippen LogP contribution is -2.25. The first kappa shape index (κ1) is 15.3. The predicted octanol–water partition coefficient (Wildman–Crippen LogP) is 3.15. The highest BCUT2D eigenvalue weighted by atomic mass is 16.5. The molecule has 0 saturated carbocycles. The Bertz CT molecular complexity index is 766. The van der Waals surface area contributed by atoms with Gasteiger partial charge in [-0.05, 0) is 49.4 Å². The maximum atomic E-state index is 11.9. The van der Waals surface area contributed by atoms with E-state index in [1.165, 1.54) is 5.56 Å². The van der Waals surface area contributed by atoms with Gasteiger partial charge in [0.1, 0.15) is 5.75 Å². The number of carbonyl (C=O) groups is 1. The summed E-state index contributed by atoms with van der Waals surface area (Å²) in [6.45, 7) is 3.92. The van der Waals surface area contributed by atoms with E-state index in [-0.39, 0.29) is 12.5 Å². The molecule has 2 aromatic rings. The van der Waals surface area contributed by atoms with E-state index in [2.05, 4.69) is 16.6 Å². The molecule has 1 amide bonds. The van der Waals surface area contributed by atoms with E-state index in [1.54, 1.807) is 0 Å². The molecule has 1 N–H and O–H groups in total. The molecular weight excluding hydrogens is 288 g/mol. The molecule has 0 bridgehead atoms. The van der Waals surface area contributed by atoms with Gasteiger partial charge in [-0.3, -0.25) is 4.79 Å². The van der Waals surface area contributed by atoms with Gasteiger partial charge in [0.2, 0.25) is 0 Å². The van der Waals surface area contributed by atoms with Gasteiger partial charge < -0.3 is 4.74 Å². The molecule has 0 fully saturated rings. The molecule has 3 rings (SSSR count). The third-order valence-corrected chi connectivity index (χ3v) is 3.98. The summed E-state index contributed by atoms with van der Waals surface area (Å²) in [5.41, 5.74) is 8.06. The first-order valence-electron chi connectivity index (χ1n) is 7.77. The zero-order valence-electron chi connectivity index (χ0n) is 13.4. The summed E-state index contributed by atoms with van der Waals surface area (Å²) in [5.74, 6) is 0.488. The quantitative estimate of drug-likeness (QED) is 0.882. The second-order valence-electron chi connectivity index (χ2n) is 5.81. The van der Waals surface area contributed by atoms with Crippen molar-refractivity contribution < 1.29 is 9.53 Å². The zero-order valence-corrected chi connectivity index (χ0v) is 13.4. The van der Waals surface area contributed by atoms with Gasteiger partial charge in [0.15, 0.2) is 6.61 Å². The number of hydrazone groups is 1. The summed E-state index contributed by atoms with van der Waals surface area (Å²) in [5, 5.41) is 4.25. The van der Waals surface area contributed by atoms with Crippen molar-refractivity contribution in [1.82, 2.24) is 5.43 Å². The molecule has 0 atom stereocenters. The SMILES string of the molecule is Cc1ccc(C)c(OCC(=O)N/N=C2/CCc3ccccc32)c1. The Balaban J connectivity index is 1.58. The van der Waals surface area contributed by atoms with Crippen LogP contribution in [0.25, 0.3) is 0 Å². The number of rotatable bonds is 4. The number of amides is 1. The van der Waals surface area contributed by atoms with Gasteiger partial charge in [-0.15, -0.1) is 0 Å². The van der Waals surface area contributed by atoms with Crippen molar-refractivity contribution in [1.29, 1.82) is 0 Å². The van der Waals surface area contributed by atoms with Crippen LogP contribution in [0.1, 0.15) is 28.7 Å². The van der Waals surface area contributed by atoms with Gasteiger partial charge in [-0.2, -0.15) is 5.10 Å². The second-order valence-corrected chi connectivity index (χ2v) is 5.81. The van der Waals surface area contributed by atoms with E-state index in [0.29, 0.717) is 0 Å². The second kappa shape index (κ2) is 6.65. The molecule has 23 heavy (non-hydrogen) atoms. The minimum atomic E-state index is -0.247. The topological polar surface area (TPSA) is 50.7 Å². The molecule has 0 saturated heterocycles. The fourth-order valence-corrected chi connectivity index (χ4v) is 2.69. The molecule has 4 heteroatoms. The molecule has 0 heterocycles. The summed E-state index contributed by atoms with van der Waals surface area (Å²) in [6, 6.07) is 14.1. The average Bonchev–Trinajstić information content (AvgIpc) is 2.97. The normalized spacial score (nSPS) is 14.6. The van der Waals surface area contributed by atoms with Crippen LogP contribution in [0.4, 0.5) is 0 Å². The van der Waals surface area contributed by atoms with Gasteiger partial charge in [-0.1, -0.05) is 36.4 Å². The molecule has 1 aliphatic carbocycles. The highest BCUT2D eigenvalue weighted by Gasteiger charge is 2.17. The first-order chi connectivity index (χ1) is 11.1. The van der Waals surface area contributed by atoms with E-state index in [1.807, 2.05) is 50.2 Å². The van der Waals surface area contributed by atoms with Crippen molar-refractivity contribution in [3.63, 3.8) is 0 Å². The Morgan fingerprint density at radius 2 is 2.00 bits per heavy atom. The van der Waals surface area contributed by atoms with Crippen LogP contribution in [0.5, 0.6) is 5.75 Å². The fourth-order valence-electron chi connectivity index (χ4n) is 2.69. The van der Waals surface area contributed by atoms with Crippen LogP contribution in [-0.2, 0) is 11.2 Å². The number of hydrogen-bond donors (Lipinski definition) is 1. The third-order valence-electron chi connectivity index (χ3n) is 3.98. The van der Waals surface area contributed by atoms with Crippen LogP contribution in [0.3, 0.4) is 0 Å². The minimum absolute atomic E-state index is 0.0390. The van der Waals surface area contributed by atoms with Gasteiger partial charge in [0.05, 0.1) is 5.71 Å². The maximum Gasteiger partial charge on any atom is 0.277 e. The van der Waals surface area contributed by atoms with Crippen molar-refractivity contribution in [2.24, 2.45) is 5.10 Å². The van der Waals surface area contributed by atoms with Crippen molar-refractivity contribution in [3.8, 4) is 5.75 Å². The van der Waals surface area contributed by atoms with E-state index >= 15 is 0 Å². The highest BCUT2D eigenvalue weighted by molar-refractivity contribution is 6.04. The maximum absolute atomic E-state index is 11.9. The molecule has 4 nitrogen and oxygen atoms in total. The summed E-state index contributed by atoms with van der Waals surface area (Å²) >= 11 is 0. The molecule has 0 aliphatic heterocycles. The van der Waals surface area contributed by atoms with E-state index in [4.69, 9.17) is 4.74 Å². The lowest BCUT2D eigenvalue weighted by molar-refractivity contribution is -0.123. The van der Waals surface area contributed by atoms with Gasteiger partial charge in [0.25, 0.3) is 5.91 Å². The Morgan fingerprint density at radius 3 is 2.87 bits per heavy atom. The number of carbonyl (C=O) groups excluding carboxylic acids is 1. The zero-order chi connectivity index (χ0) is 16.2. The lowest BCUT2D eigenvalue weighted by atomic mass is 10.1. The third kappa shape index (κ3) is 3.59. The van der Waals surface area contributed by atoms with E-state index in [9.17, 15) is 4.79 Å². The van der Waals surface area contributed by atoms with Crippen LogP contribution in [0.2, 0.25) is 0 Å². The van der Waals surface area contributed by atoms with Crippen molar-refractivity contribution in [3.05, 3.63) is 64.7 Å². The van der Waals surface area contributed by atoms with Gasteiger partial charge >= 0.3 is 0 Å². The van der Waals surface area contributed by atoms with E-state index < -0.39 is 0 Å². The minimum Gasteiger partial charge on any atom is -0.483 e. The van der Waals surface area contributed by atoms with Gasteiger partial charge in [0, 0.05) is 5.56 Å². The van der Waals surface area contributed by atoms with Crippen molar-refractivity contribution in [2.75, 3.05) is 6.61 Å². The first-order valence-corrected chi connectivity index (χ1v) is 7.77. The Hall–Kier alpha value is -2.62. The number of hydrogen-bond acceptors (Lipinski definition) is 3. The molecular formula is C19H20N2O2. The molecule has 2 aromatic carbocycles. The standard InChI is InChI=1S/C19H20N2O2/c1-13-7-8-14(2)18(11-13)23-12-19(22)21-20-17-10-9-15-5-3-4-6-16(15)17/h3-8,11H,9-10,12H2,1-2H3,(H,21,22)/b20-17-. The van der Waals surface area contributed by atoms with Gasteiger partial charge in [-0.25, -0.2) is 5.43 Å². The fraction of sp³-hybridized carbons (Fsp3) is 0.263. The number of fused-ring (bicyclic) bond motifs is 1. The number of ether oxygens (including phenoxy) is 1. The predicted molar refractivity (Wildman–Crippen MR) is 90.9 cm³/mol. The lowest BCUT2D eigenvalue weighted by Gasteiger charge is -2.09. The summed E-state index contributed by atoms with van der Waals surface area (Å²) in [6.07, 6.45) is 1.83. The average molecular weight is 308 g/mol. The summed E-state index contributed by atoms with van der Waals surface area (Å²) in [4.78, 5) is 11.9. The van der Waals surface area contributed by atoms with Crippen LogP contribution in [0.15, 0.2) is 47.6 Å². The summed E-state index contributed by atoms with van der Waals surface area (Å²) < 4.78 is 5.58. The smallest absolute Gasteiger partial charge is 0.277 e. The summed E-state index contributed by atoms with van der Waals surface area (Å²) in [7, 11) is 0. The van der Waals surface area contributed by atoms with Crippen molar-refractivity contribution >= 4 is 11.6 Å². The van der Waals surface area contributed by atoms with Crippen LogP contribution in [0, 0.1) is 13.8 Å². The number of nitrogens with one attached hydrogen (secondary N) is 1. The largest absolute Gasteiger partial charge is 0.483 e. The Labute approximate surface area is 136 Å². The van der Waals surface area contributed by atoms with Crippen molar-refractivity contribution in [2.45, 2.75) is 26.7 Å². The van der Waals surface area contributed by atoms with E-state index in [0.717, 1.165) is 41.0 Å². The number of aryl methyl sites for hydroxylation is 3. The number of benzene rings is 2. The highest BCUT2D eigenvalue weighted by Crippen LogP contribution is 2.21. The van der Waals surface area contributed by atoms with Crippen LogP contribution >= 0.6 is 0 Å². The van der Waals surface area contributed by atoms with Crippen LogP contribution in [-0.4, -0.2) is 18.2 Å². The molecule has 0 aromatic heterocycles. The molecule has 1 aliphatic rings.